The molecule has 1 aliphatic carbocycles. The molecule has 0 heterocycles. The molecular formula is C18H15Cl3O6. The molecule has 1 aliphatic rings. The van der Waals surface area contributed by atoms with E-state index in [0.29, 0.717) is 0 Å². The van der Waals surface area contributed by atoms with Gasteiger partial charge in [0.1, 0.15) is 17.6 Å². The molecule has 0 fully saturated rings. The maximum atomic E-state index is 12.9. The molecule has 1 aromatic carbocycles. The van der Waals surface area contributed by atoms with Crippen molar-refractivity contribution >= 4 is 52.3 Å². The Morgan fingerprint density at radius 1 is 1.15 bits per heavy atom. The number of halogens is 3. The van der Waals surface area contributed by atoms with Crippen LogP contribution in [0.25, 0.3) is 0 Å². The molecule has 1 atom stereocenters. The highest BCUT2D eigenvalue weighted by atomic mass is 35.6. The molecule has 0 bridgehead atoms. The Balaban J connectivity index is 2.51. The molecule has 0 aromatic heterocycles. The van der Waals surface area contributed by atoms with Crippen LogP contribution >= 0.6 is 34.8 Å². The maximum Gasteiger partial charge on any atom is 0.359 e. The highest BCUT2D eigenvalue weighted by molar-refractivity contribution is 6.75. The summed E-state index contributed by atoms with van der Waals surface area (Å²) in [6.45, 7) is 3.57. The number of allylic oxidation sites excluding steroid dienone is 2. The first-order valence-corrected chi connectivity index (χ1v) is 8.83. The van der Waals surface area contributed by atoms with E-state index in [2.05, 4.69) is 0 Å². The number of hydrogen-bond acceptors (Lipinski definition) is 6. The van der Waals surface area contributed by atoms with Crippen LogP contribution in [0.15, 0.2) is 35.4 Å². The lowest BCUT2D eigenvalue weighted by atomic mass is 9.85. The van der Waals surface area contributed by atoms with Gasteiger partial charge >= 0.3 is 5.97 Å². The smallest absolute Gasteiger partial charge is 0.359 e. The molecule has 27 heavy (non-hydrogen) atoms. The topological polar surface area (TPSA) is 101 Å². The molecule has 0 saturated carbocycles. The molecule has 1 unspecified atom stereocenters. The van der Waals surface area contributed by atoms with Gasteiger partial charge in [-0.3, -0.25) is 9.59 Å². The summed E-state index contributed by atoms with van der Waals surface area (Å²) in [4.78, 5) is 37.2. The minimum Gasteiger partial charge on any atom is -0.507 e. The second-order valence-electron chi connectivity index (χ2n) is 6.06. The zero-order chi connectivity index (χ0) is 20.5. The van der Waals surface area contributed by atoms with Gasteiger partial charge < -0.3 is 14.9 Å². The van der Waals surface area contributed by atoms with Gasteiger partial charge in [-0.25, -0.2) is 4.79 Å². The van der Waals surface area contributed by atoms with Gasteiger partial charge in [0.2, 0.25) is 0 Å². The van der Waals surface area contributed by atoms with Crippen LogP contribution < -0.4 is 0 Å². The summed E-state index contributed by atoms with van der Waals surface area (Å²) in [6.07, 6.45) is 1.43. The number of rotatable bonds is 4. The minimum absolute atomic E-state index is 0.0363. The Kier molecular flexibility index (Phi) is 6.24. The van der Waals surface area contributed by atoms with Crippen molar-refractivity contribution in [3.63, 3.8) is 0 Å². The van der Waals surface area contributed by atoms with E-state index in [4.69, 9.17) is 39.5 Å². The van der Waals surface area contributed by atoms with Crippen molar-refractivity contribution in [2.45, 2.75) is 30.2 Å². The second kappa shape index (κ2) is 7.92. The predicted octanol–water partition coefficient (Wildman–Crippen LogP) is 4.04. The average molecular weight is 434 g/mol. The summed E-state index contributed by atoms with van der Waals surface area (Å²) < 4.78 is 2.77. The molecule has 1 aromatic rings. The van der Waals surface area contributed by atoms with Gasteiger partial charge in [0.05, 0.1) is 11.1 Å². The van der Waals surface area contributed by atoms with E-state index in [9.17, 15) is 24.6 Å². The highest BCUT2D eigenvalue weighted by Gasteiger charge is 2.39. The quantitative estimate of drug-likeness (QED) is 0.322. The second-order valence-corrected chi connectivity index (χ2v) is 8.34. The number of carbonyl (C=O) groups excluding carboxylic acids is 3. The van der Waals surface area contributed by atoms with E-state index in [1.165, 1.54) is 0 Å². The Morgan fingerprint density at radius 3 is 2.22 bits per heavy atom. The van der Waals surface area contributed by atoms with Crippen LogP contribution in [0, 0.1) is 0 Å². The fourth-order valence-electron chi connectivity index (χ4n) is 2.50. The van der Waals surface area contributed by atoms with Crippen LogP contribution in [0.2, 0.25) is 0 Å². The maximum absolute atomic E-state index is 12.9. The lowest BCUT2D eigenvalue weighted by molar-refractivity contribution is -0.145. The molecule has 0 aliphatic heterocycles. The number of alkyl halides is 3. The summed E-state index contributed by atoms with van der Waals surface area (Å²) in [5, 5.41) is 19.9. The van der Waals surface area contributed by atoms with Gasteiger partial charge in [-0.1, -0.05) is 46.5 Å². The average Bonchev–Trinajstić information content (AvgIpc) is 2.55. The predicted molar refractivity (Wildman–Crippen MR) is 101 cm³/mol. The fraction of sp³-hybridized carbons (Fsp3) is 0.278. The Hall–Kier alpha value is -2.02. The first-order valence-electron chi connectivity index (χ1n) is 7.70. The number of ketones is 2. The van der Waals surface area contributed by atoms with Gasteiger partial charge in [-0.2, -0.15) is 0 Å². The van der Waals surface area contributed by atoms with E-state index in [-0.39, 0.29) is 23.1 Å². The zero-order valence-corrected chi connectivity index (χ0v) is 16.5. The number of benzene rings is 1. The normalized spacial score (nSPS) is 14.9. The Morgan fingerprint density at radius 2 is 1.70 bits per heavy atom. The third-order valence-corrected chi connectivity index (χ3v) is 4.21. The van der Waals surface area contributed by atoms with Crippen LogP contribution in [-0.4, -0.2) is 37.6 Å². The lowest BCUT2D eigenvalue weighted by Crippen LogP contribution is -2.33. The van der Waals surface area contributed by atoms with Crippen LogP contribution in [0.4, 0.5) is 0 Å². The first kappa shape index (κ1) is 21.3. The summed E-state index contributed by atoms with van der Waals surface area (Å²) in [5.41, 5.74) is -0.0310. The number of esters is 1. The zero-order valence-electron chi connectivity index (χ0n) is 14.3. The SMILES string of the molecule is CC(C)=CCC(OC(=O)C(Cl)(Cl)Cl)C1=CC(=O)c2c(O)ccc(O)c2C1=O. The minimum atomic E-state index is -2.37. The number of phenolic OH excluding ortho intramolecular Hbond substituents is 2. The third kappa shape index (κ3) is 4.64. The fourth-order valence-corrected chi connectivity index (χ4v) is 2.63. The molecule has 9 heteroatoms. The first-order chi connectivity index (χ1) is 12.4. The molecule has 0 spiro atoms. The van der Waals surface area contributed by atoms with Gasteiger partial charge in [0.25, 0.3) is 3.79 Å². The van der Waals surface area contributed by atoms with E-state index in [1.54, 1.807) is 19.9 Å². The third-order valence-electron chi connectivity index (χ3n) is 3.75. The van der Waals surface area contributed by atoms with E-state index in [0.717, 1.165) is 23.8 Å². The summed E-state index contributed by atoms with van der Waals surface area (Å²) in [6, 6.07) is 2.18. The standard InChI is InChI=1S/C18H15Cl3O6/c1-8(2)3-6-13(27-17(26)18(19,20)21)9-7-12(24)14-10(22)4-5-11(23)15(14)16(9)25/h3-5,7,13,22-23H,6H2,1-2H3. The molecule has 0 radical (unpaired) electrons. The molecule has 0 saturated heterocycles. The van der Waals surface area contributed by atoms with E-state index >= 15 is 0 Å². The Bertz CT molecular complexity index is 876. The van der Waals surface area contributed by atoms with Crippen molar-refractivity contribution in [2.75, 3.05) is 0 Å². The number of aromatic hydroxyl groups is 2. The number of hydrogen-bond donors (Lipinski definition) is 2. The van der Waals surface area contributed by atoms with Crippen molar-refractivity contribution < 1.29 is 29.3 Å². The van der Waals surface area contributed by atoms with Crippen LogP contribution in [0.3, 0.4) is 0 Å². The molecular weight excluding hydrogens is 419 g/mol. The van der Waals surface area contributed by atoms with Crippen LogP contribution in [-0.2, 0) is 9.53 Å². The van der Waals surface area contributed by atoms with E-state index < -0.39 is 38.9 Å². The van der Waals surface area contributed by atoms with Crippen molar-refractivity contribution in [3.8, 4) is 11.5 Å². The van der Waals surface area contributed by atoms with Crippen molar-refractivity contribution in [2.24, 2.45) is 0 Å². The number of fused-ring (bicyclic) bond motifs is 1. The van der Waals surface area contributed by atoms with Crippen molar-refractivity contribution in [1.82, 2.24) is 0 Å². The number of Topliss-reactive ketones (excluding diaryl/α,β-unsaturated/α-hetero) is 1. The number of carbonyl (C=O) groups is 3. The van der Waals surface area contributed by atoms with Gasteiger partial charge in [-0.05, 0) is 32.1 Å². The summed E-state index contributed by atoms with van der Waals surface area (Å²) >= 11 is 16.6. The van der Waals surface area contributed by atoms with Crippen molar-refractivity contribution in [1.29, 1.82) is 0 Å². The monoisotopic (exact) mass is 432 g/mol. The molecule has 0 amide bonds. The van der Waals surface area contributed by atoms with Gasteiger partial charge in [0, 0.05) is 12.0 Å². The largest absolute Gasteiger partial charge is 0.507 e. The molecule has 144 valence electrons. The Labute approximate surface area is 170 Å². The van der Waals surface area contributed by atoms with Gasteiger partial charge in [0.15, 0.2) is 11.6 Å². The molecule has 2 N–H and O–H groups in total. The van der Waals surface area contributed by atoms with Gasteiger partial charge in [-0.15, -0.1) is 0 Å². The van der Waals surface area contributed by atoms with Crippen LogP contribution in [0.1, 0.15) is 41.0 Å². The van der Waals surface area contributed by atoms with Crippen LogP contribution in [0.5, 0.6) is 11.5 Å². The number of ether oxygens (including phenoxy) is 1. The lowest BCUT2D eigenvalue weighted by Gasteiger charge is -2.24. The number of phenols is 2. The summed E-state index contributed by atoms with van der Waals surface area (Å²) in [5.74, 6) is -3.65. The van der Waals surface area contributed by atoms with E-state index in [1.807, 2.05) is 0 Å². The molecule has 2 rings (SSSR count). The molecule has 6 nitrogen and oxygen atoms in total. The highest BCUT2D eigenvalue weighted by Crippen LogP contribution is 2.37. The summed E-state index contributed by atoms with van der Waals surface area (Å²) in [7, 11) is 0. The van der Waals surface area contributed by atoms with Crippen molar-refractivity contribution in [3.05, 3.63) is 46.6 Å².